The normalized spacial score (nSPS) is 12.0. The maximum absolute atomic E-state index is 10.8. The molecule has 0 bridgehead atoms. The number of rotatable bonds is 21. The van der Waals surface area contributed by atoms with Crippen LogP contribution in [-0.2, 0) is 50.0 Å². The molecule has 24 heteroatoms. The van der Waals surface area contributed by atoms with Crippen LogP contribution in [0.3, 0.4) is 0 Å². The van der Waals surface area contributed by atoms with E-state index in [1.54, 1.807) is 18.4 Å². The van der Waals surface area contributed by atoms with Gasteiger partial charge in [0.05, 0.1) is 22.9 Å². The molecule has 1 aliphatic rings. The van der Waals surface area contributed by atoms with Gasteiger partial charge in [0.25, 0.3) is 20.3 Å². The predicted octanol–water partition coefficient (Wildman–Crippen LogP) is 4.45. The van der Waals surface area contributed by atoms with Crippen molar-refractivity contribution in [2.24, 2.45) is 5.41 Å². The van der Waals surface area contributed by atoms with Crippen molar-refractivity contribution < 1.29 is 54.3 Å². The van der Waals surface area contributed by atoms with Gasteiger partial charge in [-0.05, 0) is 61.8 Å². The lowest BCUT2D eigenvalue weighted by molar-refractivity contribution is -0.792. The Morgan fingerprint density at radius 2 is 1.50 bits per heavy atom. The van der Waals surface area contributed by atoms with Crippen LogP contribution in [-0.4, -0.2) is 74.9 Å². The van der Waals surface area contributed by atoms with Gasteiger partial charge in [-0.3, -0.25) is 4.79 Å². The smallest absolute Gasteiger partial charge is 0.303 e. The number of halogens is 1. The van der Waals surface area contributed by atoms with Crippen molar-refractivity contribution in [3.63, 3.8) is 0 Å². The monoisotopic (exact) mass is 775 g/mol. The molecule has 2 heterocycles. The van der Waals surface area contributed by atoms with Gasteiger partial charge in [-0.25, -0.2) is 9.97 Å². The van der Waals surface area contributed by atoms with E-state index in [9.17, 15) is 45.3 Å². The molecule has 0 unspecified atom stereocenters. The molecule has 3 aromatic rings. The first-order valence-electron chi connectivity index (χ1n) is 15.4. The Labute approximate surface area is 302 Å². The maximum Gasteiger partial charge on any atom is 0.303 e. The molecule has 4 rings (SSSR count). The fourth-order valence-corrected chi connectivity index (χ4v) is 6.58. The van der Waals surface area contributed by atoms with E-state index in [0.29, 0.717) is 30.2 Å². The molecule has 0 spiro atoms. The van der Waals surface area contributed by atoms with Gasteiger partial charge in [-0.15, -0.1) is 51.8 Å². The number of methoxy groups -OCH3 is 1. The molecule has 0 amide bonds. The van der Waals surface area contributed by atoms with Crippen LogP contribution < -0.4 is 10.1 Å². The SMILES string of the molecule is COc1ccc(CNc2nc(CCCCC(=O)O)nc3sc4c(c23)CCCC4)cc1Cl.O=[N+]([O-])OCC(CO[N+](=O)[O-])(CO[N+](=O)[O-])CO[N+](=O)[O-]. The van der Waals surface area contributed by atoms with Gasteiger partial charge in [0.15, 0.2) is 0 Å². The molecule has 0 saturated carbocycles. The molecule has 0 atom stereocenters. The third-order valence-electron chi connectivity index (χ3n) is 7.48. The second kappa shape index (κ2) is 19.7. The highest BCUT2D eigenvalue weighted by molar-refractivity contribution is 7.19. The Morgan fingerprint density at radius 3 is 2.02 bits per heavy atom. The average Bonchev–Trinajstić information content (AvgIpc) is 3.47. The van der Waals surface area contributed by atoms with Crippen molar-refractivity contribution in [2.75, 3.05) is 38.9 Å². The zero-order valence-corrected chi connectivity index (χ0v) is 29.1. The zero-order chi connectivity index (χ0) is 38.3. The van der Waals surface area contributed by atoms with Crippen LogP contribution in [0.5, 0.6) is 5.75 Å². The molecule has 22 nitrogen and oxygen atoms in total. The summed E-state index contributed by atoms with van der Waals surface area (Å²) in [7, 11) is 1.61. The third-order valence-corrected chi connectivity index (χ3v) is 8.96. The summed E-state index contributed by atoms with van der Waals surface area (Å²) >= 11 is 8.06. The first-order valence-corrected chi connectivity index (χ1v) is 16.6. The van der Waals surface area contributed by atoms with Gasteiger partial charge in [0.2, 0.25) is 0 Å². The molecule has 52 heavy (non-hydrogen) atoms. The number of aryl methyl sites for hydroxylation is 3. The van der Waals surface area contributed by atoms with E-state index in [-0.39, 0.29) is 6.42 Å². The van der Waals surface area contributed by atoms with Crippen molar-refractivity contribution in [3.8, 4) is 5.75 Å². The van der Waals surface area contributed by atoms with Crippen LogP contribution in [0.2, 0.25) is 5.02 Å². The number of carbonyl (C=O) groups is 1. The highest BCUT2D eigenvalue weighted by atomic mass is 35.5. The summed E-state index contributed by atoms with van der Waals surface area (Å²) in [4.78, 5) is 79.1. The highest BCUT2D eigenvalue weighted by Crippen LogP contribution is 2.39. The molecule has 2 aromatic heterocycles. The molecular weight excluding hydrogens is 742 g/mol. The Balaban J connectivity index is 0.000000306. The first-order chi connectivity index (χ1) is 24.7. The molecule has 0 fully saturated rings. The minimum Gasteiger partial charge on any atom is -0.495 e. The predicted molar refractivity (Wildman–Crippen MR) is 179 cm³/mol. The van der Waals surface area contributed by atoms with Gasteiger partial charge < -0.3 is 34.5 Å². The lowest BCUT2D eigenvalue weighted by Crippen LogP contribution is -2.43. The summed E-state index contributed by atoms with van der Waals surface area (Å²) in [5.41, 5.74) is 0.406. The highest BCUT2D eigenvalue weighted by Gasteiger charge is 2.37. The van der Waals surface area contributed by atoms with Crippen LogP contribution in [0.25, 0.3) is 10.2 Å². The van der Waals surface area contributed by atoms with Gasteiger partial charge in [-0.2, -0.15) is 0 Å². The maximum atomic E-state index is 10.8. The van der Waals surface area contributed by atoms with Crippen LogP contribution >= 0.6 is 22.9 Å². The summed E-state index contributed by atoms with van der Waals surface area (Å²) < 4.78 is 5.24. The van der Waals surface area contributed by atoms with Gasteiger partial charge in [0, 0.05) is 24.3 Å². The number of aliphatic carboxylic acids is 1. The second-order valence-corrected chi connectivity index (χ2v) is 12.8. The largest absolute Gasteiger partial charge is 0.495 e. The summed E-state index contributed by atoms with van der Waals surface area (Å²) in [5, 5.41) is 49.4. The number of ether oxygens (including phenoxy) is 1. The van der Waals surface area contributed by atoms with Crippen LogP contribution in [0.4, 0.5) is 5.82 Å². The van der Waals surface area contributed by atoms with E-state index in [1.807, 2.05) is 18.2 Å². The summed E-state index contributed by atoms with van der Waals surface area (Å²) in [6.07, 6.45) is 6.85. The number of anilines is 1. The number of benzene rings is 1. The lowest BCUT2D eigenvalue weighted by atomic mass is 9.92. The molecule has 1 aromatic carbocycles. The van der Waals surface area contributed by atoms with E-state index in [1.165, 1.54) is 23.3 Å². The zero-order valence-electron chi connectivity index (χ0n) is 27.6. The Morgan fingerprint density at radius 1 is 0.923 bits per heavy atom. The van der Waals surface area contributed by atoms with Gasteiger partial charge >= 0.3 is 5.97 Å². The van der Waals surface area contributed by atoms with Crippen LogP contribution in [0.15, 0.2) is 18.2 Å². The Kier molecular flexibility index (Phi) is 15.5. The number of hydrogen-bond donors (Lipinski definition) is 2. The van der Waals surface area contributed by atoms with Crippen molar-refractivity contribution >= 4 is 44.9 Å². The first kappa shape index (κ1) is 40.8. The molecule has 1 aliphatic carbocycles. The number of fused-ring (bicyclic) bond motifs is 3. The van der Waals surface area contributed by atoms with Gasteiger partial charge in [-0.1, -0.05) is 17.7 Å². The Hall–Kier alpha value is -5.58. The summed E-state index contributed by atoms with van der Waals surface area (Å²) in [6, 6.07) is 5.77. The number of thiophene rings is 1. The van der Waals surface area contributed by atoms with Crippen molar-refractivity contribution in [1.29, 1.82) is 0 Å². The van der Waals surface area contributed by atoms with E-state index in [4.69, 9.17) is 31.4 Å². The van der Waals surface area contributed by atoms with Crippen molar-refractivity contribution in [1.82, 2.24) is 9.97 Å². The Bertz CT molecular complexity index is 1670. The van der Waals surface area contributed by atoms with E-state index >= 15 is 0 Å². The lowest BCUT2D eigenvalue weighted by Gasteiger charge is -2.28. The van der Waals surface area contributed by atoms with Crippen molar-refractivity contribution in [2.45, 2.75) is 57.9 Å². The van der Waals surface area contributed by atoms with Crippen molar-refractivity contribution in [3.05, 3.63) is 85.5 Å². The van der Waals surface area contributed by atoms with Gasteiger partial charge in [0.1, 0.15) is 48.6 Å². The third kappa shape index (κ3) is 12.9. The fraction of sp³-hybridized carbons (Fsp3) is 0.536. The number of nitrogens with zero attached hydrogens (tertiary/aromatic N) is 6. The van der Waals surface area contributed by atoms with E-state index in [2.05, 4.69) is 24.7 Å². The standard InChI is InChI=1S/C23H26ClN3O3S.C5H8N4O12/c1-30-17-11-10-14(12-16(17)24)13-25-22-21-15-6-2-3-7-18(15)31-23(21)27-19(26-22)8-4-5-9-20(28)29;10-6(11)18-1-5(2-19-7(12)13,3-20-8(14)15)4-21-9(16)17/h10-12H,2-9,13H2,1H3,(H,28,29)(H,25,26,27);1-4H2. The fourth-order valence-electron chi connectivity index (χ4n) is 5.01. The number of nitrogens with one attached hydrogen (secondary N) is 1. The van der Waals surface area contributed by atoms with Crippen LogP contribution in [0, 0.1) is 45.9 Å². The molecule has 2 N–H and O–H groups in total. The van der Waals surface area contributed by atoms with E-state index in [0.717, 1.165) is 46.7 Å². The number of unbranched alkanes of at least 4 members (excludes halogenated alkanes) is 1. The molecule has 0 saturated heterocycles. The number of carboxylic acids is 1. The minimum atomic E-state index is -2.03. The summed E-state index contributed by atoms with van der Waals surface area (Å²) in [5.74, 6) is 1.53. The molecule has 284 valence electrons. The summed E-state index contributed by atoms with van der Waals surface area (Å²) in [6.45, 7) is -3.53. The molecular formula is C28H34ClN7O15S. The quantitative estimate of drug-likeness (QED) is 0.0858. The number of carboxylic acid groups (broad SMARTS) is 1. The molecule has 0 aliphatic heterocycles. The minimum absolute atomic E-state index is 0.179. The number of aromatic nitrogens is 2. The topological polar surface area (TPSA) is 294 Å². The van der Waals surface area contributed by atoms with Crippen LogP contribution in [0.1, 0.15) is 53.9 Å². The second-order valence-electron chi connectivity index (χ2n) is 11.3. The molecule has 0 radical (unpaired) electrons. The van der Waals surface area contributed by atoms with E-state index < -0.39 is 58.2 Å². The number of hydrogen-bond acceptors (Lipinski definition) is 18. The average molecular weight is 776 g/mol.